The van der Waals surface area contributed by atoms with Crippen LogP contribution in [0.1, 0.15) is 29.3 Å². The van der Waals surface area contributed by atoms with Gasteiger partial charge in [0.05, 0.1) is 5.75 Å². The Balaban J connectivity index is 1.45. The van der Waals surface area contributed by atoms with Gasteiger partial charge in [-0.1, -0.05) is 49.0 Å². The van der Waals surface area contributed by atoms with Gasteiger partial charge >= 0.3 is 5.97 Å². The molecule has 0 saturated heterocycles. The summed E-state index contributed by atoms with van der Waals surface area (Å²) in [6, 6.07) is 9.73. The van der Waals surface area contributed by atoms with Gasteiger partial charge in [-0.05, 0) is 36.3 Å². The number of aromatic nitrogens is 2. The van der Waals surface area contributed by atoms with Crippen molar-refractivity contribution < 1.29 is 9.53 Å². The van der Waals surface area contributed by atoms with Crippen LogP contribution in [0, 0.1) is 5.92 Å². The van der Waals surface area contributed by atoms with Crippen LogP contribution in [0.25, 0.3) is 10.2 Å². The van der Waals surface area contributed by atoms with Crippen LogP contribution in [0.2, 0.25) is 0 Å². The van der Waals surface area contributed by atoms with Gasteiger partial charge in [0, 0.05) is 10.3 Å². The Bertz CT molecular complexity index is 924. The zero-order valence-electron chi connectivity index (χ0n) is 14.6. The molecule has 3 aromatic rings. The lowest BCUT2D eigenvalue weighted by atomic mass is 9.89. The molecule has 2 aromatic heterocycles. The van der Waals surface area contributed by atoms with Gasteiger partial charge in [-0.2, -0.15) is 0 Å². The summed E-state index contributed by atoms with van der Waals surface area (Å²) in [5, 5.41) is 2.05. The minimum atomic E-state index is -0.219. The van der Waals surface area contributed by atoms with Crippen LogP contribution < -0.4 is 0 Å². The topological polar surface area (TPSA) is 52.1 Å². The second-order valence-corrected chi connectivity index (χ2v) is 8.69. The number of benzene rings is 1. The number of aryl methyl sites for hydroxylation is 1. The Morgan fingerprint density at radius 1 is 1.31 bits per heavy atom. The van der Waals surface area contributed by atoms with Crippen molar-refractivity contribution in [2.24, 2.45) is 5.92 Å². The Labute approximate surface area is 161 Å². The van der Waals surface area contributed by atoms with Gasteiger partial charge < -0.3 is 4.74 Å². The van der Waals surface area contributed by atoms with Crippen molar-refractivity contribution in [3.63, 3.8) is 0 Å². The third-order valence-corrected chi connectivity index (χ3v) is 6.75. The van der Waals surface area contributed by atoms with Gasteiger partial charge in [-0.25, -0.2) is 9.97 Å². The van der Waals surface area contributed by atoms with E-state index in [0.717, 1.165) is 39.6 Å². The quantitative estimate of drug-likeness (QED) is 0.364. The van der Waals surface area contributed by atoms with E-state index < -0.39 is 0 Å². The normalized spacial score (nSPS) is 16.4. The molecule has 1 aliphatic carbocycles. The van der Waals surface area contributed by atoms with Gasteiger partial charge in [0.15, 0.2) is 0 Å². The largest absolute Gasteiger partial charge is 0.460 e. The molecule has 0 unspecified atom stereocenters. The molecule has 0 saturated carbocycles. The van der Waals surface area contributed by atoms with E-state index in [1.165, 1.54) is 28.6 Å². The minimum absolute atomic E-state index is 0.219. The second-order valence-electron chi connectivity index (χ2n) is 6.65. The monoisotopic (exact) mass is 384 g/mol. The van der Waals surface area contributed by atoms with Crippen molar-refractivity contribution in [1.82, 2.24) is 9.97 Å². The maximum atomic E-state index is 12.1. The molecular weight excluding hydrogens is 364 g/mol. The molecule has 0 radical (unpaired) electrons. The number of thiophene rings is 1. The summed E-state index contributed by atoms with van der Waals surface area (Å²) in [7, 11) is 0. The smallest absolute Gasteiger partial charge is 0.316 e. The summed E-state index contributed by atoms with van der Waals surface area (Å²) < 4.78 is 5.37. The van der Waals surface area contributed by atoms with E-state index in [9.17, 15) is 4.79 Å². The van der Waals surface area contributed by atoms with E-state index in [2.05, 4.69) is 16.9 Å². The van der Waals surface area contributed by atoms with Crippen LogP contribution >= 0.6 is 23.1 Å². The zero-order chi connectivity index (χ0) is 17.9. The number of esters is 1. The number of fused-ring (bicyclic) bond motifs is 3. The molecule has 0 aliphatic heterocycles. The lowest BCUT2D eigenvalue weighted by Gasteiger charge is -2.18. The van der Waals surface area contributed by atoms with Crippen molar-refractivity contribution >= 4 is 39.3 Å². The predicted octanol–water partition coefficient (Wildman–Crippen LogP) is 4.65. The molecule has 1 atom stereocenters. The molecule has 4 nitrogen and oxygen atoms in total. The van der Waals surface area contributed by atoms with Crippen molar-refractivity contribution in [1.29, 1.82) is 0 Å². The first-order chi connectivity index (χ1) is 12.7. The van der Waals surface area contributed by atoms with E-state index >= 15 is 0 Å². The van der Waals surface area contributed by atoms with E-state index in [1.807, 2.05) is 30.3 Å². The van der Waals surface area contributed by atoms with Crippen LogP contribution in [-0.4, -0.2) is 21.7 Å². The summed E-state index contributed by atoms with van der Waals surface area (Å²) in [5.74, 6) is 0.774. The number of hydrogen-bond acceptors (Lipinski definition) is 6. The molecule has 0 N–H and O–H groups in total. The first kappa shape index (κ1) is 17.5. The molecule has 0 bridgehead atoms. The van der Waals surface area contributed by atoms with Crippen molar-refractivity contribution in [3.05, 3.63) is 52.7 Å². The van der Waals surface area contributed by atoms with Crippen LogP contribution in [0.15, 0.2) is 41.7 Å². The molecule has 26 heavy (non-hydrogen) atoms. The fourth-order valence-corrected chi connectivity index (χ4v) is 5.50. The van der Waals surface area contributed by atoms with Crippen molar-refractivity contribution in [3.8, 4) is 0 Å². The van der Waals surface area contributed by atoms with E-state index in [-0.39, 0.29) is 11.7 Å². The molecule has 0 fully saturated rings. The lowest BCUT2D eigenvalue weighted by Crippen LogP contribution is -2.09. The first-order valence-electron chi connectivity index (χ1n) is 8.78. The molecule has 6 heteroatoms. The third kappa shape index (κ3) is 3.76. The number of carbonyl (C=O) groups is 1. The highest BCUT2D eigenvalue weighted by Gasteiger charge is 2.23. The van der Waals surface area contributed by atoms with Crippen molar-refractivity contribution in [2.75, 3.05) is 5.75 Å². The maximum absolute atomic E-state index is 12.1. The first-order valence-corrected chi connectivity index (χ1v) is 10.6. The molecule has 1 aromatic carbocycles. The third-order valence-electron chi connectivity index (χ3n) is 4.63. The van der Waals surface area contributed by atoms with E-state index in [4.69, 9.17) is 4.74 Å². The molecule has 1 aliphatic rings. The van der Waals surface area contributed by atoms with E-state index in [1.54, 1.807) is 17.7 Å². The Kier molecular flexibility index (Phi) is 5.22. The van der Waals surface area contributed by atoms with Crippen LogP contribution in [0.5, 0.6) is 0 Å². The SMILES string of the molecule is C[C@H]1CCc2c(sc3ncnc(SCC(=O)OCc4ccccc4)c23)C1. The van der Waals surface area contributed by atoms with Gasteiger partial charge in [-0.3, -0.25) is 4.79 Å². The standard InChI is InChI=1S/C20H20N2O2S2/c1-13-7-8-15-16(9-13)26-20-18(15)19(21-12-22-20)25-11-17(23)24-10-14-5-3-2-4-6-14/h2-6,12-13H,7-11H2,1H3/t13-/m0/s1. The minimum Gasteiger partial charge on any atom is -0.460 e. The Morgan fingerprint density at radius 2 is 2.15 bits per heavy atom. The summed E-state index contributed by atoms with van der Waals surface area (Å²) in [4.78, 5) is 23.5. The number of thioether (sulfide) groups is 1. The predicted molar refractivity (Wildman–Crippen MR) is 106 cm³/mol. The number of rotatable bonds is 5. The molecule has 134 valence electrons. The highest BCUT2D eigenvalue weighted by molar-refractivity contribution is 8.00. The van der Waals surface area contributed by atoms with Gasteiger partial charge in [0.25, 0.3) is 0 Å². The van der Waals surface area contributed by atoms with E-state index in [0.29, 0.717) is 6.61 Å². The molecular formula is C20H20N2O2S2. The van der Waals surface area contributed by atoms with Crippen LogP contribution in [-0.2, 0) is 29.0 Å². The van der Waals surface area contributed by atoms with Crippen molar-refractivity contribution in [2.45, 2.75) is 37.8 Å². The lowest BCUT2D eigenvalue weighted by molar-refractivity contribution is -0.141. The second kappa shape index (κ2) is 7.76. The zero-order valence-corrected chi connectivity index (χ0v) is 16.2. The van der Waals surface area contributed by atoms with Gasteiger partial charge in [-0.15, -0.1) is 11.3 Å². The molecule has 0 spiro atoms. The summed E-state index contributed by atoms with van der Waals surface area (Å²) in [5.41, 5.74) is 2.39. The fraction of sp³-hybridized carbons (Fsp3) is 0.350. The highest BCUT2D eigenvalue weighted by Crippen LogP contribution is 2.40. The summed E-state index contributed by atoms with van der Waals surface area (Å²) in [6.07, 6.45) is 5.01. The summed E-state index contributed by atoms with van der Waals surface area (Å²) >= 11 is 3.23. The Morgan fingerprint density at radius 3 is 3.00 bits per heavy atom. The van der Waals surface area contributed by atoms with Gasteiger partial charge in [0.2, 0.25) is 0 Å². The maximum Gasteiger partial charge on any atom is 0.316 e. The highest BCUT2D eigenvalue weighted by atomic mass is 32.2. The van der Waals surface area contributed by atoms with Crippen LogP contribution in [0.3, 0.4) is 0 Å². The number of nitrogens with zero attached hydrogens (tertiary/aromatic N) is 2. The molecule has 2 heterocycles. The molecule has 4 rings (SSSR count). The number of carbonyl (C=O) groups excluding carboxylic acids is 1. The average molecular weight is 385 g/mol. The van der Waals surface area contributed by atoms with Gasteiger partial charge in [0.1, 0.15) is 22.8 Å². The fourth-order valence-electron chi connectivity index (χ4n) is 3.26. The summed E-state index contributed by atoms with van der Waals surface area (Å²) in [6.45, 7) is 2.61. The average Bonchev–Trinajstić information content (AvgIpc) is 3.03. The number of ether oxygens (including phenoxy) is 1. The Hall–Kier alpha value is -1.92. The van der Waals surface area contributed by atoms with Crippen LogP contribution in [0.4, 0.5) is 0 Å². The molecule has 0 amide bonds. The number of hydrogen-bond donors (Lipinski definition) is 0.